The number of rotatable bonds is 5. The number of hydrogen-bond donors (Lipinski definition) is 2. The van der Waals surface area contributed by atoms with Crippen LogP contribution in [0.1, 0.15) is 38.2 Å². The summed E-state index contributed by atoms with van der Waals surface area (Å²) in [5, 5.41) is 12.2. The van der Waals surface area contributed by atoms with E-state index in [1.807, 2.05) is 0 Å². The fourth-order valence-corrected chi connectivity index (χ4v) is 3.02. The maximum absolute atomic E-state index is 13.4. The molecule has 2 N–H and O–H groups in total. The van der Waals surface area contributed by atoms with Crippen molar-refractivity contribution in [3.63, 3.8) is 0 Å². The molecule has 6 heteroatoms. The summed E-state index contributed by atoms with van der Waals surface area (Å²) in [5.41, 5.74) is -0.820. The lowest BCUT2D eigenvalue weighted by Crippen LogP contribution is -2.56. The third-order valence-electron chi connectivity index (χ3n) is 4.51. The molecule has 0 radical (unpaired) electrons. The van der Waals surface area contributed by atoms with Crippen LogP contribution in [0.15, 0.2) is 18.2 Å². The van der Waals surface area contributed by atoms with E-state index >= 15 is 0 Å². The van der Waals surface area contributed by atoms with Crippen LogP contribution in [0.2, 0.25) is 0 Å². The van der Waals surface area contributed by atoms with Gasteiger partial charge in [-0.25, -0.2) is 9.18 Å². The van der Waals surface area contributed by atoms with Crippen LogP contribution in [-0.2, 0) is 16.0 Å². The largest absolute Gasteiger partial charge is 0.496 e. The number of carbonyl (C=O) groups is 2. The van der Waals surface area contributed by atoms with Crippen LogP contribution in [0.3, 0.4) is 0 Å². The van der Waals surface area contributed by atoms with Gasteiger partial charge >= 0.3 is 5.97 Å². The summed E-state index contributed by atoms with van der Waals surface area (Å²) in [7, 11) is 1.44. The fourth-order valence-electron chi connectivity index (χ4n) is 3.02. The molecule has 1 aliphatic rings. The molecule has 23 heavy (non-hydrogen) atoms. The van der Waals surface area contributed by atoms with Crippen molar-refractivity contribution in [3.8, 4) is 5.75 Å². The van der Waals surface area contributed by atoms with Gasteiger partial charge in [0.2, 0.25) is 5.91 Å². The van der Waals surface area contributed by atoms with E-state index in [1.54, 1.807) is 0 Å². The number of carboxylic acid groups (broad SMARTS) is 1. The van der Waals surface area contributed by atoms with Crippen LogP contribution >= 0.6 is 0 Å². The summed E-state index contributed by atoms with van der Waals surface area (Å²) in [4.78, 5) is 23.9. The highest BCUT2D eigenvalue weighted by atomic mass is 19.1. The van der Waals surface area contributed by atoms with Gasteiger partial charge in [0.15, 0.2) is 0 Å². The van der Waals surface area contributed by atoms with Crippen molar-refractivity contribution in [2.75, 3.05) is 7.11 Å². The molecule has 1 amide bonds. The zero-order chi connectivity index (χ0) is 17.0. The highest BCUT2D eigenvalue weighted by Gasteiger charge is 2.42. The molecule has 2 rings (SSSR count). The molecule has 1 fully saturated rings. The number of halogens is 1. The van der Waals surface area contributed by atoms with Crippen molar-refractivity contribution in [1.29, 1.82) is 0 Å². The maximum atomic E-state index is 13.4. The average Bonchev–Trinajstić information content (AvgIpc) is 2.50. The van der Waals surface area contributed by atoms with Gasteiger partial charge < -0.3 is 15.2 Å². The van der Waals surface area contributed by atoms with Gasteiger partial charge in [-0.1, -0.05) is 6.92 Å². The summed E-state index contributed by atoms with van der Waals surface area (Å²) in [6, 6.07) is 3.93. The Morgan fingerprint density at radius 2 is 2.04 bits per heavy atom. The minimum atomic E-state index is -1.22. The molecule has 126 valence electrons. The second-order valence-corrected chi connectivity index (χ2v) is 6.25. The molecule has 0 saturated heterocycles. The van der Waals surface area contributed by atoms with Crippen molar-refractivity contribution in [3.05, 3.63) is 29.6 Å². The van der Waals surface area contributed by atoms with Gasteiger partial charge in [-0.2, -0.15) is 0 Å². The van der Waals surface area contributed by atoms with Crippen molar-refractivity contribution in [1.82, 2.24) is 5.32 Å². The van der Waals surface area contributed by atoms with E-state index in [0.717, 1.165) is 12.8 Å². The maximum Gasteiger partial charge on any atom is 0.329 e. The highest BCUT2D eigenvalue weighted by Crippen LogP contribution is 2.32. The minimum Gasteiger partial charge on any atom is -0.496 e. The topological polar surface area (TPSA) is 75.6 Å². The van der Waals surface area contributed by atoms with Gasteiger partial charge in [-0.05, 0) is 49.8 Å². The monoisotopic (exact) mass is 323 g/mol. The summed E-state index contributed by atoms with van der Waals surface area (Å²) in [5.74, 6) is -1.05. The standard InChI is InChI=1S/C17H22FNO4/c1-11-5-7-17(8-6-11,16(21)22)19-15(20)10-12-9-13(18)3-4-14(12)23-2/h3-4,9,11H,5-8,10H2,1-2H3,(H,19,20)(H,21,22). The first-order valence-electron chi connectivity index (χ1n) is 7.73. The lowest BCUT2D eigenvalue weighted by Gasteiger charge is -2.36. The highest BCUT2D eigenvalue weighted by molar-refractivity contribution is 5.88. The Labute approximate surface area is 134 Å². The van der Waals surface area contributed by atoms with Gasteiger partial charge in [-0.3, -0.25) is 4.79 Å². The minimum absolute atomic E-state index is 0.120. The van der Waals surface area contributed by atoms with E-state index in [4.69, 9.17) is 4.74 Å². The number of carboxylic acids is 1. The molecule has 1 aliphatic carbocycles. The smallest absolute Gasteiger partial charge is 0.329 e. The van der Waals surface area contributed by atoms with Crippen molar-refractivity contribution < 1.29 is 23.8 Å². The van der Waals surface area contributed by atoms with Gasteiger partial charge in [0.05, 0.1) is 13.5 Å². The Balaban J connectivity index is 2.11. The molecular weight excluding hydrogens is 301 g/mol. The van der Waals surface area contributed by atoms with Crippen molar-refractivity contribution in [2.45, 2.75) is 44.6 Å². The van der Waals surface area contributed by atoms with E-state index in [1.165, 1.54) is 25.3 Å². The number of amides is 1. The molecule has 0 aliphatic heterocycles. The van der Waals surface area contributed by atoms with E-state index < -0.39 is 23.2 Å². The van der Waals surface area contributed by atoms with Gasteiger partial charge in [0.25, 0.3) is 0 Å². The summed E-state index contributed by atoms with van der Waals surface area (Å²) < 4.78 is 18.5. The fraction of sp³-hybridized carbons (Fsp3) is 0.529. The predicted molar refractivity (Wildman–Crippen MR) is 82.8 cm³/mol. The SMILES string of the molecule is COc1ccc(F)cc1CC(=O)NC1(C(=O)O)CCC(C)CC1. The first kappa shape index (κ1) is 17.2. The first-order valence-corrected chi connectivity index (χ1v) is 7.73. The van der Waals surface area contributed by atoms with E-state index in [9.17, 15) is 19.1 Å². The third-order valence-corrected chi connectivity index (χ3v) is 4.51. The second-order valence-electron chi connectivity index (χ2n) is 6.25. The number of aliphatic carboxylic acids is 1. The lowest BCUT2D eigenvalue weighted by molar-refractivity contribution is -0.149. The molecule has 5 nitrogen and oxygen atoms in total. The van der Waals surface area contributed by atoms with Crippen molar-refractivity contribution >= 4 is 11.9 Å². The lowest BCUT2D eigenvalue weighted by atomic mass is 9.77. The molecule has 0 aromatic heterocycles. The van der Waals surface area contributed by atoms with E-state index in [0.29, 0.717) is 30.1 Å². The van der Waals surface area contributed by atoms with Crippen LogP contribution in [0.4, 0.5) is 4.39 Å². The predicted octanol–water partition coefficient (Wildman–Crippen LogP) is 2.53. The molecule has 1 saturated carbocycles. The molecule has 0 bridgehead atoms. The molecule has 1 aromatic rings. The zero-order valence-corrected chi connectivity index (χ0v) is 13.4. The Bertz CT molecular complexity index is 594. The van der Waals surface area contributed by atoms with E-state index in [2.05, 4.69) is 12.2 Å². The molecule has 1 aromatic carbocycles. The molecule has 0 spiro atoms. The molecule has 0 unspecified atom stereocenters. The van der Waals surface area contributed by atoms with Gasteiger partial charge in [0.1, 0.15) is 17.1 Å². The van der Waals surface area contributed by atoms with Crippen LogP contribution < -0.4 is 10.1 Å². The van der Waals surface area contributed by atoms with Crippen LogP contribution in [0.5, 0.6) is 5.75 Å². The summed E-state index contributed by atoms with van der Waals surface area (Å²) in [6.45, 7) is 2.07. The number of methoxy groups -OCH3 is 1. The number of benzene rings is 1. The normalized spacial score (nSPS) is 24.0. The Morgan fingerprint density at radius 3 is 2.61 bits per heavy atom. The quantitative estimate of drug-likeness (QED) is 0.873. The number of nitrogens with one attached hydrogen (secondary N) is 1. The van der Waals surface area contributed by atoms with Gasteiger partial charge in [-0.15, -0.1) is 0 Å². The number of carbonyl (C=O) groups excluding carboxylic acids is 1. The molecular formula is C17H22FNO4. The first-order chi connectivity index (χ1) is 10.9. The Morgan fingerprint density at radius 1 is 1.39 bits per heavy atom. The number of ether oxygens (including phenoxy) is 1. The zero-order valence-electron chi connectivity index (χ0n) is 13.4. The van der Waals surface area contributed by atoms with Crippen LogP contribution in [0.25, 0.3) is 0 Å². The van der Waals surface area contributed by atoms with Crippen LogP contribution in [-0.4, -0.2) is 29.6 Å². The second kappa shape index (κ2) is 6.98. The molecule has 0 atom stereocenters. The summed E-state index contributed by atoms with van der Waals surface area (Å²) in [6.07, 6.45) is 2.22. The Hall–Kier alpha value is -2.11. The Kier molecular flexibility index (Phi) is 5.23. The summed E-state index contributed by atoms with van der Waals surface area (Å²) >= 11 is 0. The molecule has 0 heterocycles. The third kappa shape index (κ3) is 4.00. The van der Waals surface area contributed by atoms with E-state index in [-0.39, 0.29) is 6.42 Å². The number of hydrogen-bond acceptors (Lipinski definition) is 3. The average molecular weight is 323 g/mol. The van der Waals surface area contributed by atoms with Crippen LogP contribution in [0, 0.1) is 11.7 Å². The van der Waals surface area contributed by atoms with Gasteiger partial charge in [0, 0.05) is 5.56 Å². The van der Waals surface area contributed by atoms with Crippen molar-refractivity contribution in [2.24, 2.45) is 5.92 Å².